The fourth-order valence-electron chi connectivity index (χ4n) is 1.93. The Hall–Kier alpha value is -0.910. The van der Waals surface area contributed by atoms with E-state index in [4.69, 9.17) is 0 Å². The Morgan fingerprint density at radius 2 is 1.81 bits per heavy atom. The summed E-state index contributed by atoms with van der Waals surface area (Å²) in [5.41, 5.74) is 1.10. The van der Waals surface area contributed by atoms with E-state index in [0.29, 0.717) is 17.4 Å². The zero-order chi connectivity index (χ0) is 15.9. The molecule has 0 heterocycles. The van der Waals surface area contributed by atoms with Crippen molar-refractivity contribution in [2.75, 3.05) is 20.1 Å². The molecule has 0 unspecified atom stereocenters. The van der Waals surface area contributed by atoms with Crippen LogP contribution in [-0.2, 0) is 16.6 Å². The molecule has 5 heteroatoms. The normalized spacial score (nSPS) is 12.3. The van der Waals surface area contributed by atoms with Crippen LogP contribution in [0, 0.1) is 5.92 Å². The molecule has 0 aliphatic rings. The van der Waals surface area contributed by atoms with Crippen molar-refractivity contribution in [3.8, 4) is 0 Å². The summed E-state index contributed by atoms with van der Waals surface area (Å²) in [6.45, 7) is 8.61. The Balaban J connectivity index is 2.70. The summed E-state index contributed by atoms with van der Waals surface area (Å²) in [5, 5.41) is 3.31. The van der Waals surface area contributed by atoms with Gasteiger partial charge in [0.2, 0.25) is 10.0 Å². The maximum atomic E-state index is 12.4. The van der Waals surface area contributed by atoms with E-state index in [0.717, 1.165) is 31.5 Å². The molecule has 0 bridgehead atoms. The van der Waals surface area contributed by atoms with Crippen LogP contribution >= 0.6 is 0 Å². The average molecular weight is 312 g/mol. The fraction of sp³-hybridized carbons (Fsp3) is 0.625. The van der Waals surface area contributed by atoms with Gasteiger partial charge in [-0.15, -0.1) is 0 Å². The van der Waals surface area contributed by atoms with E-state index in [-0.39, 0.29) is 0 Å². The van der Waals surface area contributed by atoms with Crippen LogP contribution in [0.4, 0.5) is 0 Å². The summed E-state index contributed by atoms with van der Waals surface area (Å²) < 4.78 is 26.3. The van der Waals surface area contributed by atoms with E-state index >= 15 is 0 Å². The van der Waals surface area contributed by atoms with Crippen molar-refractivity contribution < 1.29 is 8.42 Å². The first kappa shape index (κ1) is 18.1. The molecule has 0 saturated carbocycles. The Labute approximate surface area is 129 Å². The second-order valence-corrected chi connectivity index (χ2v) is 7.87. The molecule has 4 nitrogen and oxygen atoms in total. The number of hydrogen-bond donors (Lipinski definition) is 1. The maximum absolute atomic E-state index is 12.4. The van der Waals surface area contributed by atoms with Crippen LogP contribution < -0.4 is 5.32 Å². The minimum absolute atomic E-state index is 0.369. The van der Waals surface area contributed by atoms with Gasteiger partial charge >= 0.3 is 0 Å². The highest BCUT2D eigenvalue weighted by Gasteiger charge is 2.20. The minimum atomic E-state index is -3.36. The Kier molecular flexibility index (Phi) is 7.35. The summed E-state index contributed by atoms with van der Waals surface area (Å²) in [6, 6.07) is 7.16. The molecule has 0 aromatic heterocycles. The quantitative estimate of drug-likeness (QED) is 0.713. The van der Waals surface area contributed by atoms with Crippen LogP contribution in [0.15, 0.2) is 29.2 Å². The average Bonchev–Trinajstić information content (AvgIpc) is 2.45. The van der Waals surface area contributed by atoms with Crippen LogP contribution in [0.25, 0.3) is 0 Å². The highest BCUT2D eigenvalue weighted by atomic mass is 32.2. The molecular formula is C16H28N2O2S. The fourth-order valence-corrected chi connectivity index (χ4v) is 3.11. The molecule has 0 amide bonds. The van der Waals surface area contributed by atoms with E-state index in [1.165, 1.54) is 4.31 Å². The topological polar surface area (TPSA) is 49.4 Å². The zero-order valence-electron chi connectivity index (χ0n) is 13.6. The van der Waals surface area contributed by atoms with Crippen molar-refractivity contribution in [2.24, 2.45) is 5.92 Å². The molecule has 0 atom stereocenters. The number of nitrogens with zero attached hydrogens (tertiary/aromatic N) is 1. The lowest BCUT2D eigenvalue weighted by atomic mass is 10.1. The molecule has 0 aliphatic carbocycles. The lowest BCUT2D eigenvalue weighted by Crippen LogP contribution is -2.28. The number of rotatable bonds is 9. The van der Waals surface area contributed by atoms with E-state index in [1.54, 1.807) is 19.2 Å². The van der Waals surface area contributed by atoms with E-state index < -0.39 is 10.0 Å². The standard InChI is InChI=1S/C16H28N2O2S/c1-5-11-17-13-15-6-8-16(9-7-15)21(19,20)18(4)12-10-14(2)3/h6-9,14,17H,5,10-13H2,1-4H3. The molecule has 0 aliphatic heterocycles. The van der Waals surface area contributed by atoms with Gasteiger partial charge < -0.3 is 5.32 Å². The predicted molar refractivity (Wildman–Crippen MR) is 87.7 cm³/mol. The molecule has 0 fully saturated rings. The number of benzene rings is 1. The van der Waals surface area contributed by atoms with Gasteiger partial charge in [0.15, 0.2) is 0 Å². The van der Waals surface area contributed by atoms with Gasteiger partial charge in [-0.25, -0.2) is 12.7 Å². The first-order valence-corrected chi connectivity index (χ1v) is 9.08. The summed E-state index contributed by atoms with van der Waals surface area (Å²) in [7, 11) is -1.72. The molecule has 0 saturated heterocycles. The van der Waals surface area contributed by atoms with Gasteiger partial charge in [-0.3, -0.25) is 0 Å². The largest absolute Gasteiger partial charge is 0.313 e. The second-order valence-electron chi connectivity index (χ2n) is 5.83. The van der Waals surface area contributed by atoms with Crippen molar-refractivity contribution in [3.05, 3.63) is 29.8 Å². The number of nitrogens with one attached hydrogen (secondary N) is 1. The molecule has 1 rings (SSSR count). The van der Waals surface area contributed by atoms with Crippen LogP contribution in [0.2, 0.25) is 0 Å². The van der Waals surface area contributed by atoms with E-state index in [2.05, 4.69) is 26.1 Å². The van der Waals surface area contributed by atoms with Gasteiger partial charge in [-0.05, 0) is 43.0 Å². The third-order valence-electron chi connectivity index (χ3n) is 3.41. The van der Waals surface area contributed by atoms with Crippen molar-refractivity contribution in [1.82, 2.24) is 9.62 Å². The summed E-state index contributed by atoms with van der Waals surface area (Å²) in [5.74, 6) is 0.495. The third-order valence-corrected chi connectivity index (χ3v) is 5.28. The highest BCUT2D eigenvalue weighted by Crippen LogP contribution is 2.16. The molecule has 1 N–H and O–H groups in total. The first-order chi connectivity index (χ1) is 9.87. The van der Waals surface area contributed by atoms with Gasteiger partial charge in [-0.1, -0.05) is 32.9 Å². The van der Waals surface area contributed by atoms with E-state index in [1.807, 2.05) is 12.1 Å². The first-order valence-electron chi connectivity index (χ1n) is 7.64. The van der Waals surface area contributed by atoms with Crippen LogP contribution in [0.1, 0.15) is 39.2 Å². The molecule has 0 radical (unpaired) electrons. The molecule has 0 spiro atoms. The third kappa shape index (κ3) is 5.77. The van der Waals surface area contributed by atoms with Crippen molar-refractivity contribution in [3.63, 3.8) is 0 Å². The second kappa shape index (κ2) is 8.51. The Morgan fingerprint density at radius 3 is 2.33 bits per heavy atom. The summed E-state index contributed by atoms with van der Waals surface area (Å²) in [4.78, 5) is 0.369. The highest BCUT2D eigenvalue weighted by molar-refractivity contribution is 7.89. The van der Waals surface area contributed by atoms with Gasteiger partial charge in [0.05, 0.1) is 4.90 Å². The summed E-state index contributed by atoms with van der Waals surface area (Å²) in [6.07, 6.45) is 1.96. The minimum Gasteiger partial charge on any atom is -0.313 e. The van der Waals surface area contributed by atoms with Crippen LogP contribution in [0.5, 0.6) is 0 Å². The monoisotopic (exact) mass is 312 g/mol. The SMILES string of the molecule is CCCNCc1ccc(S(=O)(=O)N(C)CCC(C)C)cc1. The Morgan fingerprint density at radius 1 is 1.19 bits per heavy atom. The van der Waals surface area contributed by atoms with Crippen molar-refractivity contribution >= 4 is 10.0 Å². The van der Waals surface area contributed by atoms with Gasteiger partial charge in [0.1, 0.15) is 0 Å². The van der Waals surface area contributed by atoms with Crippen molar-refractivity contribution in [1.29, 1.82) is 0 Å². The van der Waals surface area contributed by atoms with Gasteiger partial charge in [0, 0.05) is 20.1 Å². The van der Waals surface area contributed by atoms with Gasteiger partial charge in [0.25, 0.3) is 0 Å². The van der Waals surface area contributed by atoms with Gasteiger partial charge in [-0.2, -0.15) is 0 Å². The summed E-state index contributed by atoms with van der Waals surface area (Å²) >= 11 is 0. The maximum Gasteiger partial charge on any atom is 0.242 e. The molecule has 1 aromatic carbocycles. The zero-order valence-corrected chi connectivity index (χ0v) is 14.4. The molecule has 1 aromatic rings. The number of hydrogen-bond acceptors (Lipinski definition) is 3. The Bertz CT molecular complexity index is 510. The van der Waals surface area contributed by atoms with E-state index in [9.17, 15) is 8.42 Å². The lowest BCUT2D eigenvalue weighted by Gasteiger charge is -2.18. The molecule has 120 valence electrons. The smallest absolute Gasteiger partial charge is 0.242 e. The van der Waals surface area contributed by atoms with Crippen LogP contribution in [-0.4, -0.2) is 32.9 Å². The predicted octanol–water partition coefficient (Wildman–Crippen LogP) is 2.85. The lowest BCUT2D eigenvalue weighted by molar-refractivity contribution is 0.428. The molecular weight excluding hydrogens is 284 g/mol. The van der Waals surface area contributed by atoms with Crippen molar-refractivity contribution in [2.45, 2.75) is 45.1 Å². The number of sulfonamides is 1. The molecule has 21 heavy (non-hydrogen) atoms. The van der Waals surface area contributed by atoms with Crippen LogP contribution in [0.3, 0.4) is 0 Å².